The summed E-state index contributed by atoms with van der Waals surface area (Å²) in [5, 5.41) is 3.43. The zero-order valence-electron chi connectivity index (χ0n) is 11.0. The zero-order chi connectivity index (χ0) is 15.4. The Balaban J connectivity index is 1.95. The molecule has 0 aliphatic heterocycles. The summed E-state index contributed by atoms with van der Waals surface area (Å²) >= 11 is 6.77. The van der Waals surface area contributed by atoms with Gasteiger partial charge in [-0.15, -0.1) is 0 Å². The van der Waals surface area contributed by atoms with E-state index in [2.05, 4.69) is 10.3 Å². The molecule has 1 aromatic heterocycles. The number of nitrogens with one attached hydrogen (secondary N) is 1. The molecule has 0 bridgehead atoms. The lowest BCUT2D eigenvalue weighted by Gasteiger charge is -2.13. The van der Waals surface area contributed by atoms with Crippen LogP contribution in [0.4, 0.5) is 5.13 Å². The summed E-state index contributed by atoms with van der Waals surface area (Å²) in [4.78, 5) is 27.1. The van der Waals surface area contributed by atoms with Gasteiger partial charge in [0.15, 0.2) is 11.2 Å². The van der Waals surface area contributed by atoms with Crippen LogP contribution in [0.15, 0.2) is 30.5 Å². The van der Waals surface area contributed by atoms with Gasteiger partial charge in [-0.2, -0.15) is 0 Å². The van der Waals surface area contributed by atoms with Crippen molar-refractivity contribution in [2.24, 2.45) is 5.73 Å². The van der Waals surface area contributed by atoms with Gasteiger partial charge in [0.2, 0.25) is 0 Å². The fourth-order valence-electron chi connectivity index (χ4n) is 1.42. The predicted molar refractivity (Wildman–Crippen MR) is 80.8 cm³/mol. The minimum Gasteiger partial charge on any atom is -0.481 e. The molecule has 0 spiro atoms. The molecule has 1 aromatic carbocycles. The summed E-state index contributed by atoms with van der Waals surface area (Å²) in [6, 6.07) is 6.67. The average Bonchev–Trinajstić information content (AvgIpc) is 2.90. The number of halogens is 1. The van der Waals surface area contributed by atoms with Gasteiger partial charge in [0.1, 0.15) is 10.6 Å². The molecule has 0 aliphatic rings. The lowest BCUT2D eigenvalue weighted by molar-refractivity contribution is -0.122. The summed E-state index contributed by atoms with van der Waals surface area (Å²) in [5.74, 6) is -0.437. The van der Waals surface area contributed by atoms with Crippen LogP contribution < -0.4 is 15.8 Å². The molecule has 110 valence electrons. The van der Waals surface area contributed by atoms with E-state index >= 15 is 0 Å². The van der Waals surface area contributed by atoms with Gasteiger partial charge < -0.3 is 10.5 Å². The van der Waals surface area contributed by atoms with Crippen molar-refractivity contribution in [1.82, 2.24) is 4.98 Å². The van der Waals surface area contributed by atoms with Gasteiger partial charge in [0.25, 0.3) is 11.8 Å². The molecule has 21 heavy (non-hydrogen) atoms. The smallest absolute Gasteiger partial charge is 0.266 e. The Morgan fingerprint density at radius 2 is 2.05 bits per heavy atom. The van der Waals surface area contributed by atoms with E-state index in [0.29, 0.717) is 15.9 Å². The van der Waals surface area contributed by atoms with Crippen LogP contribution in [0.1, 0.15) is 16.6 Å². The number of aromatic nitrogens is 1. The average molecular weight is 326 g/mol. The monoisotopic (exact) mass is 325 g/mol. The molecule has 0 aliphatic carbocycles. The number of rotatable bonds is 5. The van der Waals surface area contributed by atoms with Gasteiger partial charge in [0, 0.05) is 5.02 Å². The molecular weight excluding hydrogens is 314 g/mol. The molecule has 1 atom stereocenters. The minimum atomic E-state index is -0.730. The zero-order valence-corrected chi connectivity index (χ0v) is 12.6. The van der Waals surface area contributed by atoms with E-state index in [9.17, 15) is 9.59 Å². The number of nitrogens with two attached hydrogens (primary N) is 1. The van der Waals surface area contributed by atoms with E-state index in [-0.39, 0.29) is 10.8 Å². The molecule has 0 unspecified atom stereocenters. The molecule has 6 nitrogen and oxygen atoms in total. The Morgan fingerprint density at radius 1 is 1.38 bits per heavy atom. The lowest BCUT2D eigenvalue weighted by Crippen LogP contribution is -2.30. The maximum atomic E-state index is 12.0. The third-order valence-corrected chi connectivity index (χ3v) is 3.65. The minimum absolute atomic E-state index is 0.275. The second-order valence-electron chi connectivity index (χ2n) is 4.10. The van der Waals surface area contributed by atoms with Gasteiger partial charge in [0.05, 0.1) is 6.20 Å². The Labute approximate surface area is 129 Å². The normalized spacial score (nSPS) is 11.7. The largest absolute Gasteiger partial charge is 0.481 e. The third kappa shape index (κ3) is 4.17. The summed E-state index contributed by atoms with van der Waals surface area (Å²) in [7, 11) is 0. The van der Waals surface area contributed by atoms with Crippen molar-refractivity contribution < 1.29 is 14.3 Å². The van der Waals surface area contributed by atoms with Crippen molar-refractivity contribution in [2.75, 3.05) is 5.32 Å². The number of amides is 2. The van der Waals surface area contributed by atoms with Gasteiger partial charge in [-0.25, -0.2) is 4.98 Å². The van der Waals surface area contributed by atoms with E-state index < -0.39 is 12.0 Å². The molecule has 0 saturated carbocycles. The van der Waals surface area contributed by atoms with E-state index in [1.807, 2.05) is 0 Å². The molecular formula is C13H12ClN3O3S. The predicted octanol–water partition coefficient (Wildman–Crippen LogP) is 2.30. The number of primary amides is 1. The highest BCUT2D eigenvalue weighted by atomic mass is 35.5. The molecule has 3 N–H and O–H groups in total. The van der Waals surface area contributed by atoms with Crippen molar-refractivity contribution in [2.45, 2.75) is 13.0 Å². The maximum absolute atomic E-state index is 12.0. The van der Waals surface area contributed by atoms with Crippen LogP contribution >= 0.6 is 22.9 Å². The van der Waals surface area contributed by atoms with Gasteiger partial charge in [-0.3, -0.25) is 14.9 Å². The summed E-state index contributed by atoms with van der Waals surface area (Å²) in [6.07, 6.45) is 0.583. The number of hydrogen-bond donors (Lipinski definition) is 2. The molecule has 2 amide bonds. The number of ether oxygens (including phenoxy) is 1. The topological polar surface area (TPSA) is 94.3 Å². The van der Waals surface area contributed by atoms with Crippen LogP contribution in [0.25, 0.3) is 0 Å². The Hall–Kier alpha value is -2.12. The standard InChI is InChI=1S/C13H12ClN3O3S/c1-7(20-9-4-2-8(14)3-5-9)12(19)17-13-16-6-10(21-13)11(15)18/h2-7H,1H3,(H2,15,18)(H,16,17,19)/t7-/m0/s1. The molecule has 1 heterocycles. The first-order valence-corrected chi connectivity index (χ1v) is 7.14. The molecule has 2 aromatic rings. The first kappa shape index (κ1) is 15.3. The highest BCUT2D eigenvalue weighted by Crippen LogP contribution is 2.19. The van der Waals surface area contributed by atoms with Crippen LogP contribution in [0, 0.1) is 0 Å². The Morgan fingerprint density at radius 3 is 2.62 bits per heavy atom. The Bertz CT molecular complexity index is 657. The van der Waals surface area contributed by atoms with Crippen molar-refractivity contribution in [1.29, 1.82) is 0 Å². The fourth-order valence-corrected chi connectivity index (χ4v) is 2.22. The molecule has 2 rings (SSSR count). The molecule has 0 radical (unpaired) electrons. The van der Waals surface area contributed by atoms with E-state index in [4.69, 9.17) is 22.1 Å². The SMILES string of the molecule is C[C@H](Oc1ccc(Cl)cc1)C(=O)Nc1ncc(C(N)=O)s1. The number of anilines is 1. The molecule has 8 heteroatoms. The molecule has 0 fully saturated rings. The van der Waals surface area contributed by atoms with Crippen LogP contribution in [0.5, 0.6) is 5.75 Å². The summed E-state index contributed by atoms with van der Waals surface area (Å²) in [6.45, 7) is 1.60. The number of carbonyl (C=O) groups excluding carboxylic acids is 2. The van der Waals surface area contributed by atoms with Gasteiger partial charge in [-0.1, -0.05) is 22.9 Å². The van der Waals surface area contributed by atoms with Gasteiger partial charge >= 0.3 is 0 Å². The second kappa shape index (κ2) is 6.55. The van der Waals surface area contributed by atoms with Crippen LogP contribution in [-0.4, -0.2) is 22.9 Å². The maximum Gasteiger partial charge on any atom is 0.266 e. The number of nitrogens with zero attached hydrogens (tertiary/aromatic N) is 1. The highest BCUT2D eigenvalue weighted by molar-refractivity contribution is 7.17. The first-order valence-electron chi connectivity index (χ1n) is 5.94. The van der Waals surface area contributed by atoms with Crippen molar-refractivity contribution in [3.8, 4) is 5.75 Å². The number of benzene rings is 1. The fraction of sp³-hybridized carbons (Fsp3) is 0.154. The Kier molecular flexibility index (Phi) is 4.77. The first-order chi connectivity index (χ1) is 9.95. The number of thiazole rings is 1. The van der Waals surface area contributed by atoms with Crippen molar-refractivity contribution in [3.63, 3.8) is 0 Å². The summed E-state index contributed by atoms with van der Waals surface area (Å²) < 4.78 is 5.47. The van der Waals surface area contributed by atoms with E-state index in [1.54, 1.807) is 31.2 Å². The quantitative estimate of drug-likeness (QED) is 0.881. The third-order valence-electron chi connectivity index (χ3n) is 2.47. The van der Waals surface area contributed by atoms with Crippen molar-refractivity contribution in [3.05, 3.63) is 40.4 Å². The van der Waals surface area contributed by atoms with Crippen molar-refractivity contribution >= 4 is 39.9 Å². The molecule has 0 saturated heterocycles. The van der Waals surface area contributed by atoms with Crippen LogP contribution in [0.3, 0.4) is 0 Å². The number of hydrogen-bond acceptors (Lipinski definition) is 5. The number of carbonyl (C=O) groups is 2. The van der Waals surface area contributed by atoms with E-state index in [1.165, 1.54) is 6.20 Å². The summed E-state index contributed by atoms with van der Waals surface area (Å²) in [5.41, 5.74) is 5.12. The van der Waals surface area contributed by atoms with Crippen LogP contribution in [0.2, 0.25) is 5.02 Å². The van der Waals surface area contributed by atoms with Crippen LogP contribution in [-0.2, 0) is 4.79 Å². The van der Waals surface area contributed by atoms with Gasteiger partial charge in [-0.05, 0) is 31.2 Å². The lowest BCUT2D eigenvalue weighted by atomic mass is 10.3. The van der Waals surface area contributed by atoms with E-state index in [0.717, 1.165) is 11.3 Å². The second-order valence-corrected chi connectivity index (χ2v) is 5.56. The highest BCUT2D eigenvalue weighted by Gasteiger charge is 2.17.